The fourth-order valence-corrected chi connectivity index (χ4v) is 3.85. The topological polar surface area (TPSA) is 95.1 Å². The molecule has 164 valence electrons. The molecule has 1 amide bonds. The number of benzene rings is 2. The average Bonchev–Trinajstić information content (AvgIpc) is 3.14. The minimum atomic E-state index is -0.312. The van der Waals surface area contributed by atoms with Gasteiger partial charge < -0.3 is 15.9 Å². The standard InChI is InChI=1S/C23H29N5O2S/c1-4-20(22(29)25-14-17-8-6-5-7-9-17)31-23-27-26-21(28(23)24)15-30-19-12-10-18(11-13-19)16(2)3/h5-13,16,20H,4,14-15,24H2,1-3H3,(H,25,29). The molecule has 3 aromatic rings. The van der Waals surface area contributed by atoms with Crippen molar-refractivity contribution in [3.8, 4) is 5.75 Å². The number of aromatic nitrogens is 3. The van der Waals surface area contributed by atoms with Gasteiger partial charge in [0.15, 0.2) is 5.82 Å². The van der Waals surface area contributed by atoms with Crippen molar-refractivity contribution in [1.82, 2.24) is 20.2 Å². The van der Waals surface area contributed by atoms with Gasteiger partial charge >= 0.3 is 0 Å². The molecule has 0 saturated heterocycles. The molecule has 1 atom stereocenters. The Labute approximate surface area is 187 Å². The maximum atomic E-state index is 12.6. The highest BCUT2D eigenvalue weighted by Gasteiger charge is 2.22. The van der Waals surface area contributed by atoms with Crippen LogP contribution < -0.4 is 15.9 Å². The number of amides is 1. The molecule has 0 aliphatic heterocycles. The lowest BCUT2D eigenvalue weighted by Crippen LogP contribution is -2.32. The van der Waals surface area contributed by atoms with Crippen LogP contribution in [0.1, 0.15) is 50.1 Å². The molecule has 0 aliphatic rings. The van der Waals surface area contributed by atoms with Gasteiger partial charge in [-0.25, -0.2) is 4.68 Å². The number of hydrogen-bond acceptors (Lipinski definition) is 6. The first-order chi connectivity index (χ1) is 15.0. The van der Waals surface area contributed by atoms with Crippen LogP contribution in [0.25, 0.3) is 0 Å². The molecule has 7 nitrogen and oxygen atoms in total. The molecule has 0 radical (unpaired) electrons. The summed E-state index contributed by atoms with van der Waals surface area (Å²) < 4.78 is 7.18. The van der Waals surface area contributed by atoms with E-state index in [1.165, 1.54) is 22.0 Å². The Kier molecular flexibility index (Phi) is 7.94. The van der Waals surface area contributed by atoms with Crippen molar-refractivity contribution in [1.29, 1.82) is 0 Å². The third kappa shape index (κ3) is 6.24. The number of carbonyl (C=O) groups is 1. The summed E-state index contributed by atoms with van der Waals surface area (Å²) in [5, 5.41) is 11.4. The molecule has 0 saturated carbocycles. The fraction of sp³-hybridized carbons (Fsp3) is 0.348. The Morgan fingerprint density at radius 3 is 2.48 bits per heavy atom. The Hall–Kier alpha value is -3.00. The molecule has 3 N–H and O–H groups in total. The number of nitrogen functional groups attached to an aromatic ring is 1. The summed E-state index contributed by atoms with van der Waals surface area (Å²) in [6.07, 6.45) is 0.645. The highest BCUT2D eigenvalue weighted by Crippen LogP contribution is 2.24. The van der Waals surface area contributed by atoms with E-state index in [0.29, 0.717) is 29.9 Å². The molecule has 2 aromatic carbocycles. The second-order valence-electron chi connectivity index (χ2n) is 7.50. The molecule has 8 heteroatoms. The number of rotatable bonds is 10. The van der Waals surface area contributed by atoms with E-state index in [1.54, 1.807) is 0 Å². The molecule has 1 heterocycles. The van der Waals surface area contributed by atoms with Crippen LogP contribution in [0.3, 0.4) is 0 Å². The molecule has 0 bridgehead atoms. The summed E-state index contributed by atoms with van der Waals surface area (Å²) >= 11 is 1.30. The average molecular weight is 440 g/mol. The normalized spacial score (nSPS) is 12.0. The molecular weight excluding hydrogens is 410 g/mol. The van der Waals surface area contributed by atoms with Crippen LogP contribution in [-0.2, 0) is 17.9 Å². The number of hydrogen-bond donors (Lipinski definition) is 2. The van der Waals surface area contributed by atoms with Crippen LogP contribution in [0.5, 0.6) is 5.75 Å². The van der Waals surface area contributed by atoms with E-state index in [9.17, 15) is 4.79 Å². The van der Waals surface area contributed by atoms with Crippen molar-refractivity contribution < 1.29 is 9.53 Å². The van der Waals surface area contributed by atoms with Gasteiger partial charge in [0.25, 0.3) is 0 Å². The van der Waals surface area contributed by atoms with Crippen LogP contribution in [0.15, 0.2) is 59.8 Å². The molecular formula is C23H29N5O2S. The van der Waals surface area contributed by atoms with Gasteiger partial charge in [-0.3, -0.25) is 4.79 Å². The second kappa shape index (κ2) is 10.9. The molecule has 31 heavy (non-hydrogen) atoms. The monoisotopic (exact) mass is 439 g/mol. The minimum absolute atomic E-state index is 0.0533. The van der Waals surface area contributed by atoms with Crippen LogP contribution in [0.2, 0.25) is 0 Å². The summed E-state index contributed by atoms with van der Waals surface area (Å²) in [5.41, 5.74) is 2.31. The summed E-state index contributed by atoms with van der Waals surface area (Å²) in [7, 11) is 0. The van der Waals surface area contributed by atoms with Gasteiger partial charge in [-0.15, -0.1) is 10.2 Å². The highest BCUT2D eigenvalue weighted by atomic mass is 32.2. The van der Waals surface area contributed by atoms with E-state index in [0.717, 1.165) is 11.3 Å². The minimum Gasteiger partial charge on any atom is -0.486 e. The predicted octanol–water partition coefficient (Wildman–Crippen LogP) is 3.88. The van der Waals surface area contributed by atoms with Crippen molar-refractivity contribution in [3.63, 3.8) is 0 Å². The smallest absolute Gasteiger partial charge is 0.233 e. The van der Waals surface area contributed by atoms with Crippen molar-refractivity contribution in [3.05, 3.63) is 71.5 Å². The Balaban J connectivity index is 1.55. The van der Waals surface area contributed by atoms with Gasteiger partial charge in [-0.05, 0) is 35.6 Å². The lowest BCUT2D eigenvalue weighted by atomic mass is 10.0. The first-order valence-corrected chi connectivity index (χ1v) is 11.3. The lowest BCUT2D eigenvalue weighted by Gasteiger charge is -2.14. The van der Waals surface area contributed by atoms with E-state index in [-0.39, 0.29) is 17.8 Å². The van der Waals surface area contributed by atoms with E-state index < -0.39 is 0 Å². The maximum Gasteiger partial charge on any atom is 0.233 e. The molecule has 0 fully saturated rings. The third-order valence-electron chi connectivity index (χ3n) is 4.87. The van der Waals surface area contributed by atoms with Crippen molar-refractivity contribution in [2.24, 2.45) is 0 Å². The van der Waals surface area contributed by atoms with Gasteiger partial charge in [-0.1, -0.05) is 75.0 Å². The molecule has 1 unspecified atom stereocenters. The van der Waals surface area contributed by atoms with Crippen molar-refractivity contribution in [2.75, 3.05) is 5.84 Å². The number of nitrogens with one attached hydrogen (secondary N) is 1. The van der Waals surface area contributed by atoms with Gasteiger partial charge in [0, 0.05) is 6.54 Å². The first kappa shape index (κ1) is 22.7. The summed E-state index contributed by atoms with van der Waals surface area (Å²) in [5.74, 6) is 7.81. The zero-order valence-electron chi connectivity index (χ0n) is 18.1. The Bertz CT molecular complexity index is 973. The number of nitrogens with two attached hydrogens (primary N) is 1. The number of carbonyl (C=O) groups excluding carboxylic acids is 1. The quantitative estimate of drug-likeness (QED) is 0.368. The van der Waals surface area contributed by atoms with E-state index >= 15 is 0 Å². The summed E-state index contributed by atoms with van der Waals surface area (Å²) in [6, 6.07) is 17.8. The Morgan fingerprint density at radius 2 is 1.84 bits per heavy atom. The molecule has 3 rings (SSSR count). The molecule has 0 aliphatic carbocycles. The zero-order valence-corrected chi connectivity index (χ0v) is 18.9. The van der Waals surface area contributed by atoms with Crippen LogP contribution in [0, 0.1) is 0 Å². The predicted molar refractivity (Wildman–Crippen MR) is 123 cm³/mol. The van der Waals surface area contributed by atoms with E-state index in [1.807, 2.05) is 61.5 Å². The molecule has 0 spiro atoms. The first-order valence-electron chi connectivity index (χ1n) is 10.4. The third-order valence-corrected chi connectivity index (χ3v) is 6.19. The molecule has 1 aromatic heterocycles. The SMILES string of the molecule is CCC(Sc1nnc(COc2ccc(C(C)C)cc2)n1N)C(=O)NCc1ccccc1. The number of thioether (sulfide) groups is 1. The van der Waals surface area contributed by atoms with Crippen LogP contribution in [0.4, 0.5) is 0 Å². The maximum absolute atomic E-state index is 12.6. The Morgan fingerprint density at radius 1 is 1.13 bits per heavy atom. The van der Waals surface area contributed by atoms with Gasteiger partial charge in [0.05, 0.1) is 5.25 Å². The second-order valence-corrected chi connectivity index (χ2v) is 8.67. The summed E-state index contributed by atoms with van der Waals surface area (Å²) in [4.78, 5) is 12.6. The van der Waals surface area contributed by atoms with Crippen LogP contribution in [-0.4, -0.2) is 26.0 Å². The zero-order chi connectivity index (χ0) is 22.2. The number of ether oxygens (including phenoxy) is 1. The fourth-order valence-electron chi connectivity index (χ4n) is 2.93. The van der Waals surface area contributed by atoms with E-state index in [4.69, 9.17) is 10.6 Å². The van der Waals surface area contributed by atoms with Crippen molar-refractivity contribution >= 4 is 17.7 Å². The van der Waals surface area contributed by atoms with Crippen LogP contribution >= 0.6 is 11.8 Å². The van der Waals surface area contributed by atoms with Gasteiger partial charge in [0.2, 0.25) is 11.1 Å². The highest BCUT2D eigenvalue weighted by molar-refractivity contribution is 8.00. The number of nitrogens with zero attached hydrogens (tertiary/aromatic N) is 3. The lowest BCUT2D eigenvalue weighted by molar-refractivity contribution is -0.120. The van der Waals surface area contributed by atoms with E-state index in [2.05, 4.69) is 29.4 Å². The van der Waals surface area contributed by atoms with Gasteiger partial charge in [0.1, 0.15) is 12.4 Å². The van der Waals surface area contributed by atoms with Crippen molar-refractivity contribution in [2.45, 2.75) is 56.7 Å². The summed E-state index contributed by atoms with van der Waals surface area (Å²) in [6.45, 7) is 6.94. The van der Waals surface area contributed by atoms with Gasteiger partial charge in [-0.2, -0.15) is 0 Å². The largest absolute Gasteiger partial charge is 0.486 e.